The number of esters is 1. The minimum Gasteiger partial charge on any atom is -0.452 e. The van der Waals surface area contributed by atoms with Crippen molar-refractivity contribution in [1.82, 2.24) is 9.62 Å². The van der Waals surface area contributed by atoms with Crippen LogP contribution >= 0.6 is 0 Å². The van der Waals surface area contributed by atoms with E-state index in [4.69, 9.17) is 4.74 Å². The smallest absolute Gasteiger partial charge is 0.340 e. The highest BCUT2D eigenvalue weighted by atomic mass is 32.2. The number of anilines is 1. The van der Waals surface area contributed by atoms with Gasteiger partial charge in [-0.15, -0.1) is 0 Å². The molecule has 1 aliphatic rings. The normalized spacial score (nSPS) is 15.4. The summed E-state index contributed by atoms with van der Waals surface area (Å²) in [4.78, 5) is 26.8. The Kier molecular flexibility index (Phi) is 8.04. The van der Waals surface area contributed by atoms with Crippen molar-refractivity contribution in [3.05, 3.63) is 23.8 Å². The number of carbonyl (C=O) groups excluding carboxylic acids is 2. The van der Waals surface area contributed by atoms with Gasteiger partial charge in [-0.2, -0.15) is 0 Å². The number of carbonyl (C=O) groups is 2. The van der Waals surface area contributed by atoms with Gasteiger partial charge in [0.15, 0.2) is 6.61 Å². The van der Waals surface area contributed by atoms with Crippen molar-refractivity contribution in [3.63, 3.8) is 0 Å². The number of sulfonamides is 1. The molecule has 1 fully saturated rings. The Bertz CT molecular complexity index is 833. The van der Waals surface area contributed by atoms with E-state index in [1.165, 1.54) is 26.2 Å². The summed E-state index contributed by atoms with van der Waals surface area (Å²) in [5.74, 6) is -1.08. The van der Waals surface area contributed by atoms with Crippen LogP contribution in [0.25, 0.3) is 0 Å². The number of amides is 1. The zero-order valence-corrected chi connectivity index (χ0v) is 18.4. The van der Waals surface area contributed by atoms with Gasteiger partial charge in [0.2, 0.25) is 10.0 Å². The molecule has 0 unspecified atom stereocenters. The summed E-state index contributed by atoms with van der Waals surface area (Å²) in [7, 11) is -0.831. The molecule has 1 atom stereocenters. The summed E-state index contributed by atoms with van der Waals surface area (Å²) in [6, 6.07) is 4.48. The second-order valence-electron chi connectivity index (χ2n) is 7.49. The van der Waals surface area contributed by atoms with E-state index in [1.807, 2.05) is 18.7 Å². The van der Waals surface area contributed by atoms with Gasteiger partial charge in [0.25, 0.3) is 5.91 Å². The average Bonchev–Trinajstić information content (AvgIpc) is 3.20. The highest BCUT2D eigenvalue weighted by Gasteiger charge is 2.25. The van der Waals surface area contributed by atoms with Crippen LogP contribution in [0.3, 0.4) is 0 Å². The number of hydrogen-bond donors (Lipinski definition) is 1. The van der Waals surface area contributed by atoms with Crippen LogP contribution in [0, 0.1) is 0 Å². The molecule has 0 saturated carbocycles. The van der Waals surface area contributed by atoms with E-state index in [9.17, 15) is 18.0 Å². The Morgan fingerprint density at radius 1 is 1.24 bits per heavy atom. The lowest BCUT2D eigenvalue weighted by Gasteiger charge is -2.22. The molecule has 2 rings (SSSR count). The number of nitrogens with zero attached hydrogens (tertiary/aromatic N) is 2. The third-order valence-electron chi connectivity index (χ3n) is 4.88. The quantitative estimate of drug-likeness (QED) is 0.608. The van der Waals surface area contributed by atoms with Crippen LogP contribution in [0.15, 0.2) is 23.1 Å². The van der Waals surface area contributed by atoms with Crippen molar-refractivity contribution in [2.24, 2.45) is 0 Å². The van der Waals surface area contributed by atoms with Crippen molar-refractivity contribution in [2.75, 3.05) is 38.7 Å². The predicted octanol–water partition coefficient (Wildman–Crippen LogP) is 2.00. The number of hydrogen-bond acceptors (Lipinski definition) is 6. The standard InChI is InChI=1S/C20H31N3O5S/c1-5-8-15(2)21-19(24)14-28-20(25)17-13-16(29(26,27)22(3)4)9-10-18(17)23-11-6-7-12-23/h9-10,13,15H,5-8,11-12,14H2,1-4H3,(H,21,24)/t15-/m0/s1. The van der Waals surface area contributed by atoms with Gasteiger partial charge in [0.05, 0.1) is 16.1 Å². The maximum absolute atomic E-state index is 12.7. The zero-order valence-electron chi connectivity index (χ0n) is 17.6. The maximum Gasteiger partial charge on any atom is 0.340 e. The fraction of sp³-hybridized carbons (Fsp3) is 0.600. The molecule has 1 aliphatic heterocycles. The molecule has 1 aromatic rings. The molecule has 29 heavy (non-hydrogen) atoms. The van der Waals surface area contributed by atoms with E-state index in [-0.39, 0.29) is 22.4 Å². The first-order chi connectivity index (χ1) is 13.7. The molecule has 1 amide bonds. The molecule has 0 spiro atoms. The fourth-order valence-electron chi connectivity index (χ4n) is 3.31. The number of benzene rings is 1. The lowest BCUT2D eigenvalue weighted by molar-refractivity contribution is -0.124. The SMILES string of the molecule is CCC[C@H](C)NC(=O)COC(=O)c1cc(S(=O)(=O)N(C)C)ccc1N1CCCC1. The maximum atomic E-state index is 12.7. The average molecular weight is 426 g/mol. The van der Waals surface area contributed by atoms with Crippen LogP contribution in [0.5, 0.6) is 0 Å². The molecule has 0 aliphatic carbocycles. The summed E-state index contributed by atoms with van der Waals surface area (Å²) < 4.78 is 31.3. The van der Waals surface area contributed by atoms with Gasteiger partial charge in [0, 0.05) is 33.2 Å². The summed E-state index contributed by atoms with van der Waals surface area (Å²) >= 11 is 0. The van der Waals surface area contributed by atoms with Gasteiger partial charge in [-0.05, 0) is 44.4 Å². The van der Waals surface area contributed by atoms with Gasteiger partial charge >= 0.3 is 5.97 Å². The Morgan fingerprint density at radius 2 is 1.90 bits per heavy atom. The lowest BCUT2D eigenvalue weighted by atomic mass is 10.1. The van der Waals surface area contributed by atoms with Crippen molar-refractivity contribution in [2.45, 2.75) is 50.5 Å². The summed E-state index contributed by atoms with van der Waals surface area (Å²) in [6.07, 6.45) is 3.78. The van der Waals surface area contributed by atoms with Crippen molar-refractivity contribution >= 4 is 27.6 Å². The molecule has 0 aromatic heterocycles. The van der Waals surface area contributed by atoms with Crippen LogP contribution in [-0.4, -0.2) is 64.4 Å². The van der Waals surface area contributed by atoms with Crippen LogP contribution in [0.1, 0.15) is 49.9 Å². The first-order valence-corrected chi connectivity index (χ1v) is 11.4. The highest BCUT2D eigenvalue weighted by Crippen LogP contribution is 2.28. The van der Waals surface area contributed by atoms with E-state index in [1.54, 1.807) is 6.07 Å². The molecule has 162 valence electrons. The van der Waals surface area contributed by atoms with Gasteiger partial charge in [-0.1, -0.05) is 13.3 Å². The Morgan fingerprint density at radius 3 is 2.48 bits per heavy atom. The Labute approximate surface area is 173 Å². The molecular formula is C20H31N3O5S. The third-order valence-corrected chi connectivity index (χ3v) is 6.69. The van der Waals surface area contributed by atoms with Crippen LogP contribution in [-0.2, 0) is 19.6 Å². The Hall–Kier alpha value is -2.13. The molecule has 1 aromatic carbocycles. The Balaban J connectivity index is 2.23. The van der Waals surface area contributed by atoms with E-state index in [2.05, 4.69) is 5.32 Å². The number of nitrogens with one attached hydrogen (secondary N) is 1. The highest BCUT2D eigenvalue weighted by molar-refractivity contribution is 7.89. The summed E-state index contributed by atoms with van der Waals surface area (Å²) in [6.45, 7) is 5.09. The number of ether oxygens (including phenoxy) is 1. The third kappa shape index (κ3) is 5.93. The van der Waals surface area contributed by atoms with Gasteiger partial charge < -0.3 is 15.0 Å². The van der Waals surface area contributed by atoms with E-state index >= 15 is 0 Å². The summed E-state index contributed by atoms with van der Waals surface area (Å²) in [5, 5.41) is 2.78. The van der Waals surface area contributed by atoms with Crippen LogP contribution < -0.4 is 10.2 Å². The minimum absolute atomic E-state index is 0.0000692. The second kappa shape index (κ2) is 10.1. The van der Waals surface area contributed by atoms with E-state index in [0.717, 1.165) is 43.1 Å². The molecule has 0 bridgehead atoms. The summed E-state index contributed by atoms with van der Waals surface area (Å²) in [5.41, 5.74) is 0.786. The van der Waals surface area contributed by atoms with Gasteiger partial charge in [0.1, 0.15) is 0 Å². The molecule has 1 heterocycles. The largest absolute Gasteiger partial charge is 0.452 e. The van der Waals surface area contributed by atoms with Crippen molar-refractivity contribution < 1.29 is 22.7 Å². The zero-order chi connectivity index (χ0) is 21.6. The molecule has 0 radical (unpaired) electrons. The van der Waals surface area contributed by atoms with Crippen molar-refractivity contribution in [3.8, 4) is 0 Å². The minimum atomic E-state index is -3.70. The van der Waals surface area contributed by atoms with Crippen molar-refractivity contribution in [1.29, 1.82) is 0 Å². The van der Waals surface area contributed by atoms with Crippen LogP contribution in [0.4, 0.5) is 5.69 Å². The molecule has 1 N–H and O–H groups in total. The van der Waals surface area contributed by atoms with E-state index in [0.29, 0.717) is 5.69 Å². The monoisotopic (exact) mass is 425 g/mol. The first-order valence-electron chi connectivity index (χ1n) is 9.94. The first kappa shape index (κ1) is 23.2. The van der Waals surface area contributed by atoms with Gasteiger partial charge in [-0.3, -0.25) is 4.79 Å². The molecular weight excluding hydrogens is 394 g/mol. The van der Waals surface area contributed by atoms with Gasteiger partial charge in [-0.25, -0.2) is 17.5 Å². The molecule has 1 saturated heterocycles. The number of rotatable bonds is 9. The fourth-order valence-corrected chi connectivity index (χ4v) is 4.24. The lowest BCUT2D eigenvalue weighted by Crippen LogP contribution is -2.35. The second-order valence-corrected chi connectivity index (χ2v) is 9.65. The van der Waals surface area contributed by atoms with E-state index < -0.39 is 22.6 Å². The van der Waals surface area contributed by atoms with Crippen LogP contribution in [0.2, 0.25) is 0 Å². The molecule has 9 heteroatoms. The molecule has 8 nitrogen and oxygen atoms in total. The predicted molar refractivity (Wildman–Crippen MR) is 112 cm³/mol. The topological polar surface area (TPSA) is 96.0 Å².